The minimum atomic E-state index is -4.86. The van der Waals surface area contributed by atoms with Crippen molar-refractivity contribution in [1.82, 2.24) is 20.2 Å². The number of nitrogens with zero attached hydrogens (tertiary/aromatic N) is 4. The van der Waals surface area contributed by atoms with Crippen LogP contribution in [0.3, 0.4) is 0 Å². The van der Waals surface area contributed by atoms with Crippen LogP contribution in [0.15, 0.2) is 29.4 Å². The number of hydrogen-bond donors (Lipinski definition) is 1. The van der Waals surface area contributed by atoms with E-state index in [0.29, 0.717) is 12.1 Å². The van der Waals surface area contributed by atoms with Crippen molar-refractivity contribution in [2.45, 2.75) is 11.1 Å². The molecular formula is C8H5F3N4O3S. The molecule has 0 aliphatic rings. The van der Waals surface area contributed by atoms with Gasteiger partial charge in [-0.25, -0.2) is 0 Å². The molecule has 2 aromatic rings. The van der Waals surface area contributed by atoms with E-state index >= 15 is 0 Å². The quantitative estimate of drug-likeness (QED) is 0.827. The van der Waals surface area contributed by atoms with Gasteiger partial charge in [-0.3, -0.25) is 4.55 Å². The zero-order valence-electron chi connectivity index (χ0n) is 8.90. The highest BCUT2D eigenvalue weighted by atomic mass is 32.2. The molecule has 0 saturated carbocycles. The third-order valence-electron chi connectivity index (χ3n) is 2.16. The van der Waals surface area contributed by atoms with Crippen LogP contribution in [0.1, 0.15) is 5.56 Å². The Labute approximate surface area is 104 Å². The van der Waals surface area contributed by atoms with E-state index in [1.54, 1.807) is 0 Å². The van der Waals surface area contributed by atoms with Crippen molar-refractivity contribution in [3.63, 3.8) is 0 Å². The van der Waals surface area contributed by atoms with E-state index in [9.17, 15) is 21.6 Å². The van der Waals surface area contributed by atoms with Crippen molar-refractivity contribution in [2.24, 2.45) is 0 Å². The van der Waals surface area contributed by atoms with Crippen molar-refractivity contribution < 1.29 is 26.1 Å². The molecule has 1 aromatic carbocycles. The van der Waals surface area contributed by atoms with Gasteiger partial charge in [0.05, 0.1) is 11.3 Å². The molecule has 0 amide bonds. The average Bonchev–Trinajstić information content (AvgIpc) is 2.79. The van der Waals surface area contributed by atoms with Gasteiger partial charge < -0.3 is 0 Å². The SMILES string of the molecule is O=S(=O)(O)c1cc(C(F)(F)F)ccc1-n1cnnn1. The Morgan fingerprint density at radius 2 is 1.95 bits per heavy atom. The molecule has 1 N–H and O–H groups in total. The molecule has 0 fully saturated rings. The summed E-state index contributed by atoms with van der Waals surface area (Å²) in [6.07, 6.45) is -3.75. The molecule has 0 aliphatic heterocycles. The number of rotatable bonds is 2. The van der Waals surface area contributed by atoms with Crippen molar-refractivity contribution in [3.8, 4) is 5.69 Å². The maximum absolute atomic E-state index is 12.5. The second kappa shape index (κ2) is 4.28. The van der Waals surface area contributed by atoms with Crippen LogP contribution in [0.25, 0.3) is 5.69 Å². The first-order valence-corrected chi connectivity index (χ1v) is 6.06. The molecule has 0 spiro atoms. The summed E-state index contributed by atoms with van der Waals surface area (Å²) in [4.78, 5) is -0.936. The summed E-state index contributed by atoms with van der Waals surface area (Å²) >= 11 is 0. The topological polar surface area (TPSA) is 98.0 Å². The second-order valence-electron chi connectivity index (χ2n) is 3.41. The lowest BCUT2D eigenvalue weighted by Gasteiger charge is -2.10. The summed E-state index contributed by atoms with van der Waals surface area (Å²) in [6, 6.07) is 1.82. The van der Waals surface area contributed by atoms with E-state index in [1.165, 1.54) is 0 Å². The Morgan fingerprint density at radius 1 is 1.26 bits per heavy atom. The van der Waals surface area contributed by atoms with E-state index in [4.69, 9.17) is 4.55 Å². The molecule has 7 nitrogen and oxygen atoms in total. The summed E-state index contributed by atoms with van der Waals surface area (Å²) in [5, 5.41) is 9.80. The Morgan fingerprint density at radius 3 is 2.42 bits per heavy atom. The molecule has 0 saturated heterocycles. The summed E-state index contributed by atoms with van der Waals surface area (Å²) in [5.74, 6) is 0. The smallest absolute Gasteiger partial charge is 0.282 e. The predicted octanol–water partition coefficient (Wildman–Crippen LogP) is 0.928. The molecule has 1 heterocycles. The van der Waals surface area contributed by atoms with Crippen LogP contribution in [-0.2, 0) is 16.3 Å². The van der Waals surface area contributed by atoms with Gasteiger partial charge in [-0.15, -0.1) is 5.10 Å². The van der Waals surface area contributed by atoms with Crippen molar-refractivity contribution >= 4 is 10.1 Å². The van der Waals surface area contributed by atoms with Gasteiger partial charge in [0.25, 0.3) is 10.1 Å². The van der Waals surface area contributed by atoms with Crippen molar-refractivity contribution in [3.05, 3.63) is 30.1 Å². The minimum absolute atomic E-state index is 0.291. The maximum atomic E-state index is 12.5. The van der Waals surface area contributed by atoms with Crippen LogP contribution in [-0.4, -0.2) is 33.2 Å². The van der Waals surface area contributed by atoms with Crippen molar-refractivity contribution in [1.29, 1.82) is 0 Å². The third kappa shape index (κ3) is 2.71. The maximum Gasteiger partial charge on any atom is 0.416 e. The fourth-order valence-electron chi connectivity index (χ4n) is 1.36. The van der Waals surface area contributed by atoms with Gasteiger partial charge in [0.1, 0.15) is 11.2 Å². The molecule has 0 radical (unpaired) electrons. The van der Waals surface area contributed by atoms with E-state index in [0.717, 1.165) is 17.1 Å². The van der Waals surface area contributed by atoms with E-state index < -0.39 is 26.8 Å². The molecule has 0 unspecified atom stereocenters. The van der Waals surface area contributed by atoms with E-state index in [2.05, 4.69) is 15.5 Å². The Hall–Kier alpha value is -2.01. The first-order valence-electron chi connectivity index (χ1n) is 4.62. The number of tetrazole rings is 1. The highest BCUT2D eigenvalue weighted by Gasteiger charge is 2.33. The summed E-state index contributed by atoms with van der Waals surface area (Å²) < 4.78 is 69.6. The molecular weight excluding hydrogens is 289 g/mol. The third-order valence-corrected chi connectivity index (χ3v) is 3.04. The van der Waals surface area contributed by atoms with Gasteiger partial charge in [0, 0.05) is 0 Å². The van der Waals surface area contributed by atoms with Crippen molar-refractivity contribution in [2.75, 3.05) is 0 Å². The normalized spacial score (nSPS) is 12.6. The van der Waals surface area contributed by atoms with Crippen LogP contribution < -0.4 is 0 Å². The molecule has 19 heavy (non-hydrogen) atoms. The van der Waals surface area contributed by atoms with Crippen LogP contribution >= 0.6 is 0 Å². The molecule has 0 aliphatic carbocycles. The lowest BCUT2D eigenvalue weighted by Crippen LogP contribution is -2.11. The fraction of sp³-hybridized carbons (Fsp3) is 0.125. The van der Waals surface area contributed by atoms with Crippen LogP contribution in [0.5, 0.6) is 0 Å². The number of hydrogen-bond acceptors (Lipinski definition) is 5. The molecule has 11 heteroatoms. The summed E-state index contributed by atoms with van der Waals surface area (Å²) in [6.45, 7) is 0. The van der Waals surface area contributed by atoms with Crippen LogP contribution in [0.2, 0.25) is 0 Å². The second-order valence-corrected chi connectivity index (χ2v) is 4.80. The lowest BCUT2D eigenvalue weighted by atomic mass is 10.2. The summed E-state index contributed by atoms with van der Waals surface area (Å²) in [5.41, 5.74) is -1.50. The standard InChI is InChI=1S/C8H5F3N4O3S/c9-8(10,11)5-1-2-6(15-4-12-13-14-15)7(3-5)19(16,17)18/h1-4H,(H,16,17,18). The number of aromatic nitrogens is 4. The van der Waals surface area contributed by atoms with Gasteiger partial charge in [-0.2, -0.15) is 26.3 Å². The molecule has 2 rings (SSSR count). The van der Waals surface area contributed by atoms with E-state index in [-0.39, 0.29) is 5.69 Å². The Balaban J connectivity index is 2.70. The number of benzene rings is 1. The average molecular weight is 294 g/mol. The molecule has 1 aromatic heterocycles. The zero-order valence-corrected chi connectivity index (χ0v) is 9.72. The first-order chi connectivity index (χ1) is 8.69. The van der Waals surface area contributed by atoms with Crippen LogP contribution in [0, 0.1) is 0 Å². The van der Waals surface area contributed by atoms with Gasteiger partial charge in [-0.05, 0) is 28.6 Å². The first kappa shape index (κ1) is 13.4. The lowest BCUT2D eigenvalue weighted by molar-refractivity contribution is -0.137. The predicted molar refractivity (Wildman–Crippen MR) is 54.0 cm³/mol. The van der Waals surface area contributed by atoms with Gasteiger partial charge in [-0.1, -0.05) is 0 Å². The van der Waals surface area contributed by atoms with Gasteiger partial charge >= 0.3 is 6.18 Å². The Kier molecular flexibility index (Phi) is 3.02. The molecule has 0 atom stereocenters. The minimum Gasteiger partial charge on any atom is -0.282 e. The van der Waals surface area contributed by atoms with Crippen LogP contribution in [0.4, 0.5) is 13.2 Å². The van der Waals surface area contributed by atoms with Gasteiger partial charge in [0.2, 0.25) is 0 Å². The monoisotopic (exact) mass is 294 g/mol. The van der Waals surface area contributed by atoms with Gasteiger partial charge in [0.15, 0.2) is 0 Å². The number of halogens is 3. The fourth-order valence-corrected chi connectivity index (χ4v) is 2.06. The zero-order chi connectivity index (χ0) is 14.3. The highest BCUT2D eigenvalue weighted by Crippen LogP contribution is 2.32. The Bertz CT molecular complexity index is 697. The van der Waals surface area contributed by atoms with E-state index in [1.807, 2.05) is 0 Å². The summed E-state index contributed by atoms with van der Waals surface area (Å²) in [7, 11) is -4.86. The molecule has 0 bridgehead atoms. The largest absolute Gasteiger partial charge is 0.416 e. The number of alkyl halides is 3. The molecule has 102 valence electrons. The highest BCUT2D eigenvalue weighted by molar-refractivity contribution is 7.86.